The van der Waals surface area contributed by atoms with E-state index in [1.54, 1.807) is 0 Å². The van der Waals surface area contributed by atoms with Gasteiger partial charge in [0.25, 0.3) is 0 Å². The van der Waals surface area contributed by atoms with Gasteiger partial charge >= 0.3 is 6.18 Å². The van der Waals surface area contributed by atoms with Crippen molar-refractivity contribution in [1.82, 2.24) is 0 Å². The van der Waals surface area contributed by atoms with Gasteiger partial charge in [0, 0.05) is 17.5 Å². The van der Waals surface area contributed by atoms with Crippen molar-refractivity contribution in [3.8, 4) is 0 Å². The molecule has 0 aliphatic carbocycles. The van der Waals surface area contributed by atoms with Crippen LogP contribution >= 0.6 is 11.3 Å². The summed E-state index contributed by atoms with van der Waals surface area (Å²) in [5, 5.41) is 3.02. The van der Waals surface area contributed by atoms with Crippen LogP contribution in [0.3, 0.4) is 0 Å². The minimum Gasteiger partial charge on any atom is -0.338 e. The maximum atomic E-state index is 12.1. The van der Waals surface area contributed by atoms with Crippen molar-refractivity contribution < 1.29 is 18.0 Å². The maximum Gasteiger partial charge on any atom is 0.393 e. The number of nitrogens with zero attached hydrogens (tertiary/aromatic N) is 1. The van der Waals surface area contributed by atoms with Crippen LogP contribution in [-0.4, -0.2) is 25.8 Å². The summed E-state index contributed by atoms with van der Waals surface area (Å²) < 4.78 is 36.3. The lowest BCUT2D eigenvalue weighted by Crippen LogP contribution is -2.10. The third-order valence-electron chi connectivity index (χ3n) is 1.64. The number of carbonyl (C=O) groups is 1. The molecule has 0 unspecified atom stereocenters. The van der Waals surface area contributed by atoms with Gasteiger partial charge in [-0.05, 0) is 6.07 Å². The number of nitrogens with one attached hydrogen (secondary N) is 1. The van der Waals surface area contributed by atoms with Crippen LogP contribution in [-0.2, 0) is 6.42 Å². The Kier molecular flexibility index (Phi) is 4.05. The lowest BCUT2D eigenvalue weighted by atomic mass is 10.2. The van der Waals surface area contributed by atoms with E-state index in [4.69, 9.17) is 0 Å². The Balaban J connectivity index is 2.89. The molecule has 0 fully saturated rings. The van der Waals surface area contributed by atoms with Crippen LogP contribution in [0.15, 0.2) is 11.1 Å². The van der Waals surface area contributed by atoms with Gasteiger partial charge in [-0.2, -0.15) is 13.2 Å². The van der Waals surface area contributed by atoms with Gasteiger partial charge in [-0.3, -0.25) is 9.79 Å². The zero-order valence-corrected chi connectivity index (χ0v) is 9.15. The first-order valence-corrected chi connectivity index (χ1v) is 5.09. The van der Waals surface area contributed by atoms with Gasteiger partial charge < -0.3 is 5.32 Å². The maximum absolute atomic E-state index is 12.1. The molecule has 0 aliphatic rings. The van der Waals surface area contributed by atoms with E-state index >= 15 is 0 Å². The van der Waals surface area contributed by atoms with Gasteiger partial charge in [0.1, 0.15) is 5.00 Å². The topological polar surface area (TPSA) is 41.5 Å². The molecule has 0 saturated heterocycles. The number of carbonyl (C=O) groups excluding carboxylic acids is 1. The van der Waals surface area contributed by atoms with E-state index in [2.05, 4.69) is 10.3 Å². The standard InChI is InChI=1S/C9H9F3N2OS/c1-13-5-14-8-6(4-15)2-7(16-8)3-9(10,11)12/h2,4-5H,3H2,1H3,(H,13,14). The van der Waals surface area contributed by atoms with Crippen LogP contribution in [0.1, 0.15) is 15.2 Å². The number of rotatable bonds is 4. The highest BCUT2D eigenvalue weighted by molar-refractivity contribution is 7.16. The molecule has 0 saturated carbocycles. The van der Waals surface area contributed by atoms with Crippen LogP contribution in [0.25, 0.3) is 0 Å². The van der Waals surface area contributed by atoms with E-state index in [9.17, 15) is 18.0 Å². The van der Waals surface area contributed by atoms with E-state index in [0.29, 0.717) is 11.3 Å². The molecule has 0 bridgehead atoms. The number of anilines is 1. The number of thiophene rings is 1. The summed E-state index contributed by atoms with van der Waals surface area (Å²) in [4.78, 5) is 14.3. The molecular formula is C9H9F3N2OS. The van der Waals surface area contributed by atoms with Crippen LogP contribution in [0.4, 0.5) is 18.2 Å². The second-order valence-corrected chi connectivity index (χ2v) is 4.08. The summed E-state index contributed by atoms with van der Waals surface area (Å²) in [6, 6.07) is 1.23. The average Bonchev–Trinajstić information content (AvgIpc) is 2.54. The van der Waals surface area contributed by atoms with Gasteiger partial charge in [-0.1, -0.05) is 0 Å². The molecule has 16 heavy (non-hydrogen) atoms. The van der Waals surface area contributed by atoms with Gasteiger partial charge in [0.2, 0.25) is 0 Å². The SMILES string of the molecule is CN=CNc1sc(CC(F)(F)F)cc1C=O. The van der Waals surface area contributed by atoms with Gasteiger partial charge in [0.15, 0.2) is 6.29 Å². The fraction of sp³-hybridized carbons (Fsp3) is 0.333. The number of halogens is 3. The monoisotopic (exact) mass is 250 g/mol. The van der Waals surface area contributed by atoms with Crippen molar-refractivity contribution in [1.29, 1.82) is 0 Å². The van der Waals surface area contributed by atoms with Crippen molar-refractivity contribution in [2.24, 2.45) is 4.99 Å². The molecule has 1 N–H and O–H groups in total. The minimum absolute atomic E-state index is 0.0987. The molecule has 0 radical (unpaired) electrons. The Morgan fingerprint density at radius 3 is 2.75 bits per heavy atom. The fourth-order valence-corrected chi connectivity index (χ4v) is 2.09. The van der Waals surface area contributed by atoms with Gasteiger partial charge in [0.05, 0.1) is 12.8 Å². The Hall–Kier alpha value is -1.37. The van der Waals surface area contributed by atoms with Gasteiger partial charge in [-0.25, -0.2) is 0 Å². The minimum atomic E-state index is -4.26. The molecule has 1 rings (SSSR count). The Morgan fingerprint density at radius 2 is 2.25 bits per heavy atom. The first-order chi connectivity index (χ1) is 7.46. The lowest BCUT2D eigenvalue weighted by molar-refractivity contribution is -0.126. The van der Waals surface area contributed by atoms with Gasteiger partial charge in [-0.15, -0.1) is 11.3 Å². The van der Waals surface area contributed by atoms with E-state index in [-0.39, 0.29) is 10.4 Å². The highest BCUT2D eigenvalue weighted by Crippen LogP contribution is 2.31. The van der Waals surface area contributed by atoms with Crippen LogP contribution in [0.5, 0.6) is 0 Å². The van der Waals surface area contributed by atoms with Crippen LogP contribution in [0, 0.1) is 0 Å². The summed E-state index contributed by atoms with van der Waals surface area (Å²) in [7, 11) is 1.51. The number of hydrogen-bond donors (Lipinski definition) is 1. The largest absolute Gasteiger partial charge is 0.393 e. The van der Waals surface area contributed by atoms with Crippen LogP contribution in [0.2, 0.25) is 0 Å². The lowest BCUT2D eigenvalue weighted by Gasteiger charge is -2.02. The molecule has 0 amide bonds. The fourth-order valence-electron chi connectivity index (χ4n) is 1.07. The smallest absolute Gasteiger partial charge is 0.338 e. The van der Waals surface area contributed by atoms with E-state index in [1.807, 2.05) is 0 Å². The zero-order valence-electron chi connectivity index (χ0n) is 8.34. The van der Waals surface area contributed by atoms with E-state index in [0.717, 1.165) is 11.3 Å². The third kappa shape index (κ3) is 3.65. The first-order valence-electron chi connectivity index (χ1n) is 4.28. The summed E-state index contributed by atoms with van der Waals surface area (Å²) in [6.07, 6.45) is -3.46. The number of alkyl halides is 3. The van der Waals surface area contributed by atoms with Crippen molar-refractivity contribution >= 4 is 29.0 Å². The summed E-state index contributed by atoms with van der Waals surface area (Å²) in [6.45, 7) is 0. The summed E-state index contributed by atoms with van der Waals surface area (Å²) in [5.41, 5.74) is 0.212. The van der Waals surface area contributed by atoms with Crippen LogP contribution < -0.4 is 5.32 Å². The predicted molar refractivity (Wildman–Crippen MR) is 57.5 cm³/mol. The number of hydrogen-bond acceptors (Lipinski definition) is 3. The van der Waals surface area contributed by atoms with Crippen molar-refractivity contribution in [3.63, 3.8) is 0 Å². The van der Waals surface area contributed by atoms with Crippen molar-refractivity contribution in [2.75, 3.05) is 12.4 Å². The molecule has 0 aromatic carbocycles. The molecule has 0 spiro atoms. The highest BCUT2D eigenvalue weighted by Gasteiger charge is 2.29. The number of aliphatic imine (C=N–C) groups is 1. The molecule has 1 aromatic rings. The molecule has 88 valence electrons. The molecular weight excluding hydrogens is 241 g/mol. The predicted octanol–water partition coefficient (Wildman–Crippen LogP) is 2.74. The quantitative estimate of drug-likeness (QED) is 0.507. The summed E-state index contributed by atoms with van der Waals surface area (Å²) in [5.74, 6) is 0. The molecule has 3 nitrogen and oxygen atoms in total. The Bertz CT molecular complexity index is 398. The van der Waals surface area contributed by atoms with E-state index < -0.39 is 12.6 Å². The molecule has 0 aliphatic heterocycles. The zero-order chi connectivity index (χ0) is 12.2. The first kappa shape index (κ1) is 12.7. The Morgan fingerprint density at radius 1 is 1.56 bits per heavy atom. The van der Waals surface area contributed by atoms with E-state index in [1.165, 1.54) is 19.5 Å². The normalized spacial score (nSPS) is 12.0. The molecule has 0 atom stereocenters. The third-order valence-corrected chi connectivity index (χ3v) is 2.72. The second-order valence-electron chi connectivity index (χ2n) is 2.94. The number of aldehydes is 1. The molecule has 1 aromatic heterocycles. The summed E-state index contributed by atoms with van der Waals surface area (Å²) >= 11 is 0.897. The van der Waals surface area contributed by atoms with Crippen molar-refractivity contribution in [2.45, 2.75) is 12.6 Å². The van der Waals surface area contributed by atoms with Crippen molar-refractivity contribution in [3.05, 3.63) is 16.5 Å². The molecule has 7 heteroatoms. The molecule has 1 heterocycles. The Labute approximate surface area is 94.0 Å². The average molecular weight is 250 g/mol. The second kappa shape index (κ2) is 5.11. The highest BCUT2D eigenvalue weighted by atomic mass is 32.1.